The van der Waals surface area contributed by atoms with Gasteiger partial charge in [0, 0.05) is 25.8 Å². The molecule has 1 atom stereocenters. The number of amides is 2. The van der Waals surface area contributed by atoms with Crippen molar-refractivity contribution in [3.05, 3.63) is 23.8 Å². The van der Waals surface area contributed by atoms with E-state index in [1.807, 2.05) is 0 Å². The van der Waals surface area contributed by atoms with Crippen LogP contribution in [0.2, 0.25) is 0 Å². The van der Waals surface area contributed by atoms with Crippen molar-refractivity contribution in [2.75, 3.05) is 31.8 Å². The maximum absolute atomic E-state index is 12.3. The molecule has 7 heteroatoms. The molecule has 1 heterocycles. The molecule has 0 fully saturated rings. The van der Waals surface area contributed by atoms with E-state index in [-0.39, 0.29) is 24.2 Å². The minimum atomic E-state index is -0.704. The first kappa shape index (κ1) is 17.9. The molecule has 1 aliphatic heterocycles. The second kappa shape index (κ2) is 7.92. The minimum Gasteiger partial charge on any atom is -0.482 e. The molecule has 0 bridgehead atoms. The van der Waals surface area contributed by atoms with Gasteiger partial charge in [0.1, 0.15) is 11.8 Å². The number of ether oxygens (including phenoxy) is 2. The van der Waals surface area contributed by atoms with Gasteiger partial charge < -0.3 is 14.8 Å². The first-order valence-corrected chi connectivity index (χ1v) is 7.82. The Morgan fingerprint density at radius 2 is 2.17 bits per heavy atom. The molecular formula is C17H22N2O5. The molecular weight excluding hydrogens is 312 g/mol. The largest absolute Gasteiger partial charge is 0.482 e. The van der Waals surface area contributed by atoms with E-state index in [0.717, 1.165) is 0 Å². The molecule has 130 valence electrons. The fourth-order valence-electron chi connectivity index (χ4n) is 2.51. The molecule has 0 spiro atoms. The van der Waals surface area contributed by atoms with Crippen molar-refractivity contribution in [2.45, 2.75) is 26.3 Å². The quantitative estimate of drug-likeness (QED) is 0.597. The number of methoxy groups -OCH3 is 1. The van der Waals surface area contributed by atoms with E-state index in [9.17, 15) is 14.4 Å². The van der Waals surface area contributed by atoms with E-state index in [1.165, 1.54) is 11.8 Å². The van der Waals surface area contributed by atoms with Crippen LogP contribution in [0.25, 0.3) is 0 Å². The number of hydrogen-bond acceptors (Lipinski definition) is 5. The molecule has 1 N–H and O–H groups in total. The average Bonchev–Trinajstić information content (AvgIpc) is 2.57. The summed E-state index contributed by atoms with van der Waals surface area (Å²) in [7, 11) is 1.60. The van der Waals surface area contributed by atoms with E-state index in [1.54, 1.807) is 32.2 Å². The van der Waals surface area contributed by atoms with Gasteiger partial charge in [-0.15, -0.1) is 0 Å². The van der Waals surface area contributed by atoms with Crippen LogP contribution < -0.4 is 15.0 Å². The standard InChI is InChI=1S/C17H22N2O5/c1-11(17(22)18-7-4-8-23-3)19-14-9-13(12(2)20)5-6-15(14)24-10-16(19)21/h5-6,9,11H,4,7-8,10H2,1-3H3,(H,18,22). The lowest BCUT2D eigenvalue weighted by atomic mass is 10.1. The molecule has 0 aliphatic carbocycles. The third-order valence-corrected chi connectivity index (χ3v) is 3.84. The Hall–Kier alpha value is -2.41. The van der Waals surface area contributed by atoms with E-state index in [0.29, 0.717) is 36.6 Å². The number of anilines is 1. The van der Waals surface area contributed by atoms with Crippen molar-refractivity contribution in [1.29, 1.82) is 0 Å². The summed E-state index contributed by atoms with van der Waals surface area (Å²) < 4.78 is 10.3. The van der Waals surface area contributed by atoms with Crippen molar-refractivity contribution in [1.82, 2.24) is 5.32 Å². The zero-order valence-corrected chi connectivity index (χ0v) is 14.1. The van der Waals surface area contributed by atoms with Crippen LogP contribution in [-0.4, -0.2) is 50.5 Å². The highest BCUT2D eigenvalue weighted by Gasteiger charge is 2.33. The van der Waals surface area contributed by atoms with Gasteiger partial charge in [-0.1, -0.05) is 0 Å². The van der Waals surface area contributed by atoms with E-state index >= 15 is 0 Å². The van der Waals surface area contributed by atoms with Crippen molar-refractivity contribution in [3.63, 3.8) is 0 Å². The second-order valence-electron chi connectivity index (χ2n) is 5.60. The molecule has 1 aliphatic rings. The fourth-order valence-corrected chi connectivity index (χ4v) is 2.51. The Morgan fingerprint density at radius 1 is 1.42 bits per heavy atom. The number of Topliss-reactive ketones (excluding diaryl/α,β-unsaturated/α-hetero) is 1. The Bertz CT molecular complexity index is 644. The Balaban J connectivity index is 2.20. The summed E-state index contributed by atoms with van der Waals surface area (Å²) in [4.78, 5) is 37.6. The van der Waals surface area contributed by atoms with Crippen molar-refractivity contribution in [2.24, 2.45) is 0 Å². The normalized spacial score (nSPS) is 14.6. The van der Waals surface area contributed by atoms with Gasteiger partial charge in [0.05, 0.1) is 5.69 Å². The van der Waals surface area contributed by atoms with Crippen LogP contribution >= 0.6 is 0 Å². The summed E-state index contributed by atoms with van der Waals surface area (Å²) in [6.45, 7) is 3.99. The second-order valence-corrected chi connectivity index (χ2v) is 5.60. The number of ketones is 1. The third kappa shape index (κ3) is 3.91. The van der Waals surface area contributed by atoms with Gasteiger partial charge >= 0.3 is 0 Å². The molecule has 0 saturated heterocycles. The summed E-state index contributed by atoms with van der Waals surface area (Å²) in [6.07, 6.45) is 0.692. The molecule has 1 aromatic rings. The number of hydrogen-bond donors (Lipinski definition) is 1. The summed E-state index contributed by atoms with van der Waals surface area (Å²) in [6, 6.07) is 4.17. The molecule has 0 saturated carbocycles. The predicted octanol–water partition coefficient (Wildman–Crippen LogP) is 1.16. The first-order chi connectivity index (χ1) is 11.5. The van der Waals surface area contributed by atoms with Gasteiger partial charge in [-0.05, 0) is 38.5 Å². The molecule has 2 rings (SSSR count). The minimum absolute atomic E-state index is 0.118. The monoisotopic (exact) mass is 334 g/mol. The lowest BCUT2D eigenvalue weighted by Crippen LogP contribution is -2.51. The lowest BCUT2D eigenvalue weighted by Gasteiger charge is -2.33. The molecule has 7 nitrogen and oxygen atoms in total. The summed E-state index contributed by atoms with van der Waals surface area (Å²) in [5.74, 6) is -0.214. The van der Waals surface area contributed by atoms with Crippen LogP contribution in [0.5, 0.6) is 5.75 Å². The lowest BCUT2D eigenvalue weighted by molar-refractivity contribution is -0.127. The molecule has 0 radical (unpaired) electrons. The number of carbonyl (C=O) groups is 3. The number of benzene rings is 1. The summed E-state index contributed by atoms with van der Waals surface area (Å²) in [5, 5.41) is 2.78. The predicted molar refractivity (Wildman–Crippen MR) is 88.4 cm³/mol. The third-order valence-electron chi connectivity index (χ3n) is 3.84. The number of nitrogens with one attached hydrogen (secondary N) is 1. The maximum atomic E-state index is 12.3. The van der Waals surface area contributed by atoms with Crippen LogP contribution in [0.1, 0.15) is 30.6 Å². The maximum Gasteiger partial charge on any atom is 0.265 e. The van der Waals surface area contributed by atoms with Gasteiger partial charge in [-0.25, -0.2) is 0 Å². The van der Waals surface area contributed by atoms with E-state index in [4.69, 9.17) is 9.47 Å². The SMILES string of the molecule is COCCCNC(=O)C(C)N1C(=O)COc2ccc(C(C)=O)cc21. The van der Waals surface area contributed by atoms with Gasteiger partial charge in [0.2, 0.25) is 5.91 Å². The van der Waals surface area contributed by atoms with Crippen LogP contribution in [0.15, 0.2) is 18.2 Å². The number of rotatable bonds is 7. The van der Waals surface area contributed by atoms with Crippen LogP contribution in [-0.2, 0) is 14.3 Å². The van der Waals surface area contributed by atoms with Crippen molar-refractivity contribution in [3.8, 4) is 5.75 Å². The average molecular weight is 334 g/mol. The molecule has 0 aromatic heterocycles. The zero-order valence-electron chi connectivity index (χ0n) is 14.1. The number of carbonyl (C=O) groups excluding carboxylic acids is 3. The van der Waals surface area contributed by atoms with Gasteiger partial charge in [0.25, 0.3) is 5.91 Å². The molecule has 1 unspecified atom stereocenters. The highest BCUT2D eigenvalue weighted by molar-refractivity contribution is 6.05. The molecule has 24 heavy (non-hydrogen) atoms. The topological polar surface area (TPSA) is 84.9 Å². The Morgan fingerprint density at radius 3 is 2.83 bits per heavy atom. The summed E-state index contributed by atoms with van der Waals surface area (Å²) in [5.41, 5.74) is 0.906. The van der Waals surface area contributed by atoms with Crippen LogP contribution in [0, 0.1) is 0 Å². The smallest absolute Gasteiger partial charge is 0.265 e. The Labute approximate surface area is 140 Å². The van der Waals surface area contributed by atoms with Crippen molar-refractivity contribution < 1.29 is 23.9 Å². The Kier molecular flexibility index (Phi) is 5.92. The summed E-state index contributed by atoms with van der Waals surface area (Å²) >= 11 is 0. The van der Waals surface area contributed by atoms with Crippen molar-refractivity contribution >= 4 is 23.3 Å². The zero-order chi connectivity index (χ0) is 17.7. The van der Waals surface area contributed by atoms with Gasteiger partial charge in [-0.2, -0.15) is 0 Å². The van der Waals surface area contributed by atoms with E-state index < -0.39 is 6.04 Å². The highest BCUT2D eigenvalue weighted by Crippen LogP contribution is 2.34. The van der Waals surface area contributed by atoms with Crippen LogP contribution in [0.4, 0.5) is 5.69 Å². The number of nitrogens with zero attached hydrogens (tertiary/aromatic N) is 1. The molecule has 2 amide bonds. The fraction of sp³-hybridized carbons (Fsp3) is 0.471. The number of fused-ring (bicyclic) bond motifs is 1. The first-order valence-electron chi connectivity index (χ1n) is 7.82. The van der Waals surface area contributed by atoms with Crippen LogP contribution in [0.3, 0.4) is 0 Å². The van der Waals surface area contributed by atoms with E-state index in [2.05, 4.69) is 5.32 Å². The van der Waals surface area contributed by atoms with Gasteiger partial charge in [-0.3, -0.25) is 19.3 Å². The molecule has 1 aromatic carbocycles. The highest BCUT2D eigenvalue weighted by atomic mass is 16.5. The van der Waals surface area contributed by atoms with Gasteiger partial charge in [0.15, 0.2) is 12.4 Å².